The quantitative estimate of drug-likeness (QED) is 0.699. The van der Waals surface area contributed by atoms with Crippen LogP contribution in [0.4, 0.5) is 0 Å². The molecule has 0 aromatic carbocycles. The first-order valence-corrected chi connectivity index (χ1v) is 8.18. The maximum absolute atomic E-state index is 12.5. The van der Waals surface area contributed by atoms with Gasteiger partial charge in [0.05, 0.1) is 5.25 Å². The van der Waals surface area contributed by atoms with E-state index >= 15 is 0 Å². The lowest BCUT2D eigenvalue weighted by atomic mass is 10.2. The zero-order chi connectivity index (χ0) is 12.9. The van der Waals surface area contributed by atoms with Crippen LogP contribution >= 0.6 is 11.6 Å². The molecule has 0 radical (unpaired) electrons. The Balaban J connectivity index is 2.75. The number of alkyl halides is 1. The van der Waals surface area contributed by atoms with Gasteiger partial charge in [-0.2, -0.15) is 4.31 Å². The number of nitrogens with zero attached hydrogens (tertiary/aromatic N) is 1. The van der Waals surface area contributed by atoms with Crippen LogP contribution in [-0.4, -0.2) is 49.7 Å². The van der Waals surface area contributed by atoms with Crippen LogP contribution in [0.1, 0.15) is 33.1 Å². The van der Waals surface area contributed by atoms with Gasteiger partial charge in [0.15, 0.2) is 0 Å². The molecule has 0 aromatic heterocycles. The Labute approximate surface area is 109 Å². The van der Waals surface area contributed by atoms with Crippen molar-refractivity contribution in [1.29, 1.82) is 0 Å². The van der Waals surface area contributed by atoms with Gasteiger partial charge in [0.25, 0.3) is 0 Å². The Morgan fingerprint density at radius 2 is 1.94 bits per heavy atom. The van der Waals surface area contributed by atoms with Crippen LogP contribution in [0, 0.1) is 0 Å². The first kappa shape index (κ1) is 15.2. The molecule has 17 heavy (non-hydrogen) atoms. The number of hydrogen-bond acceptors (Lipinski definition) is 3. The predicted molar refractivity (Wildman–Crippen MR) is 69.9 cm³/mol. The van der Waals surface area contributed by atoms with E-state index < -0.39 is 10.0 Å². The summed E-state index contributed by atoms with van der Waals surface area (Å²) in [4.78, 5) is 0. The third-order valence-corrected chi connectivity index (χ3v) is 5.84. The van der Waals surface area contributed by atoms with E-state index in [9.17, 15) is 8.42 Å². The molecule has 1 fully saturated rings. The van der Waals surface area contributed by atoms with Gasteiger partial charge in [-0.05, 0) is 33.1 Å². The molecule has 1 saturated heterocycles. The number of halogens is 1. The van der Waals surface area contributed by atoms with Crippen LogP contribution in [0.15, 0.2) is 0 Å². The summed E-state index contributed by atoms with van der Waals surface area (Å²) in [6, 6.07) is -0.00828. The van der Waals surface area contributed by atoms with Crippen LogP contribution in [0.2, 0.25) is 0 Å². The van der Waals surface area contributed by atoms with Crippen LogP contribution in [0.25, 0.3) is 0 Å². The van der Waals surface area contributed by atoms with Gasteiger partial charge in [0.1, 0.15) is 0 Å². The minimum atomic E-state index is -3.20. The third-order valence-electron chi connectivity index (χ3n) is 3.00. The number of rotatable bonds is 6. The molecule has 0 bridgehead atoms. The van der Waals surface area contributed by atoms with E-state index in [0.717, 1.165) is 0 Å². The van der Waals surface area contributed by atoms with Crippen molar-refractivity contribution in [2.45, 2.75) is 44.4 Å². The van der Waals surface area contributed by atoms with Crippen LogP contribution < -0.4 is 0 Å². The molecule has 0 spiro atoms. The predicted octanol–water partition coefficient (Wildman–Crippen LogP) is 1.83. The number of sulfonamides is 1. The summed E-state index contributed by atoms with van der Waals surface area (Å²) in [5, 5.41) is -0.283. The summed E-state index contributed by atoms with van der Waals surface area (Å²) < 4.78 is 31.7. The molecule has 0 aromatic rings. The van der Waals surface area contributed by atoms with Gasteiger partial charge in [-0.15, -0.1) is 11.6 Å². The third kappa shape index (κ3) is 4.09. The monoisotopic (exact) mass is 283 g/mol. The first-order chi connectivity index (χ1) is 8.00. The molecule has 0 saturated carbocycles. The maximum atomic E-state index is 12.5. The minimum absolute atomic E-state index is 0.00828. The summed E-state index contributed by atoms with van der Waals surface area (Å²) in [5.74, 6) is 0.493. The summed E-state index contributed by atoms with van der Waals surface area (Å²) in [6.07, 6.45) is 1.90. The van der Waals surface area contributed by atoms with E-state index in [1.807, 2.05) is 13.8 Å². The highest BCUT2D eigenvalue weighted by atomic mass is 35.5. The maximum Gasteiger partial charge on any atom is 0.217 e. The van der Waals surface area contributed by atoms with Crippen molar-refractivity contribution in [2.75, 3.05) is 25.6 Å². The summed E-state index contributed by atoms with van der Waals surface area (Å²) >= 11 is 5.64. The Bertz CT molecular complexity index is 313. The van der Waals surface area contributed by atoms with E-state index in [-0.39, 0.29) is 11.3 Å². The fraction of sp³-hybridized carbons (Fsp3) is 1.00. The molecular formula is C11H22ClNO3S. The lowest BCUT2D eigenvalue weighted by Gasteiger charge is -2.32. The van der Waals surface area contributed by atoms with Crippen molar-refractivity contribution in [3.63, 3.8) is 0 Å². The van der Waals surface area contributed by atoms with E-state index in [2.05, 4.69) is 0 Å². The van der Waals surface area contributed by atoms with Crippen LogP contribution in [0.3, 0.4) is 0 Å². The summed E-state index contributed by atoms with van der Waals surface area (Å²) in [6.45, 7) is 5.42. The zero-order valence-corrected chi connectivity index (χ0v) is 12.1. The molecule has 1 aliphatic heterocycles. The topological polar surface area (TPSA) is 46.6 Å². The van der Waals surface area contributed by atoms with Gasteiger partial charge in [0, 0.05) is 31.7 Å². The molecule has 0 aliphatic carbocycles. The van der Waals surface area contributed by atoms with E-state index in [0.29, 0.717) is 44.9 Å². The zero-order valence-electron chi connectivity index (χ0n) is 10.6. The SMILES string of the molecule is CC(C)N(CCCCl)S(=O)(=O)C1CCOCC1. The second-order valence-electron chi connectivity index (χ2n) is 4.60. The van der Waals surface area contributed by atoms with Crippen molar-refractivity contribution in [2.24, 2.45) is 0 Å². The van der Waals surface area contributed by atoms with Crippen LogP contribution in [-0.2, 0) is 14.8 Å². The van der Waals surface area contributed by atoms with Gasteiger partial charge < -0.3 is 4.74 Å². The highest BCUT2D eigenvalue weighted by Crippen LogP contribution is 2.21. The molecule has 6 heteroatoms. The van der Waals surface area contributed by atoms with Gasteiger partial charge >= 0.3 is 0 Å². The van der Waals surface area contributed by atoms with E-state index in [1.54, 1.807) is 4.31 Å². The lowest BCUT2D eigenvalue weighted by molar-refractivity contribution is 0.0969. The lowest BCUT2D eigenvalue weighted by Crippen LogP contribution is -2.45. The molecule has 0 N–H and O–H groups in total. The molecule has 102 valence electrons. The van der Waals surface area contributed by atoms with Gasteiger partial charge in [0.2, 0.25) is 10.0 Å². The molecule has 0 atom stereocenters. The van der Waals surface area contributed by atoms with E-state index in [1.165, 1.54) is 0 Å². The molecule has 1 aliphatic rings. The average molecular weight is 284 g/mol. The summed E-state index contributed by atoms with van der Waals surface area (Å²) in [7, 11) is -3.20. The largest absolute Gasteiger partial charge is 0.381 e. The van der Waals surface area contributed by atoms with Crippen molar-refractivity contribution >= 4 is 21.6 Å². The van der Waals surface area contributed by atoms with Gasteiger partial charge in [-0.1, -0.05) is 0 Å². The fourth-order valence-corrected chi connectivity index (χ4v) is 4.32. The van der Waals surface area contributed by atoms with Crippen molar-refractivity contribution in [3.05, 3.63) is 0 Å². The average Bonchev–Trinajstić information content (AvgIpc) is 2.30. The molecular weight excluding hydrogens is 262 g/mol. The standard InChI is InChI=1S/C11H22ClNO3S/c1-10(2)13(7-3-6-12)17(14,15)11-4-8-16-9-5-11/h10-11H,3-9H2,1-2H3. The molecule has 0 amide bonds. The first-order valence-electron chi connectivity index (χ1n) is 6.14. The Morgan fingerprint density at radius 1 is 1.35 bits per heavy atom. The number of hydrogen-bond donors (Lipinski definition) is 0. The molecule has 1 heterocycles. The normalized spacial score (nSPS) is 19.1. The minimum Gasteiger partial charge on any atom is -0.381 e. The molecule has 1 rings (SSSR count). The van der Waals surface area contributed by atoms with Crippen LogP contribution in [0.5, 0.6) is 0 Å². The molecule has 4 nitrogen and oxygen atoms in total. The van der Waals surface area contributed by atoms with Crippen molar-refractivity contribution in [3.8, 4) is 0 Å². The fourth-order valence-electron chi connectivity index (χ4n) is 2.06. The Morgan fingerprint density at radius 3 is 2.41 bits per heavy atom. The van der Waals surface area contributed by atoms with Crippen molar-refractivity contribution < 1.29 is 13.2 Å². The second kappa shape index (κ2) is 6.92. The second-order valence-corrected chi connectivity index (χ2v) is 7.15. The summed E-state index contributed by atoms with van der Waals surface area (Å²) in [5.41, 5.74) is 0. The Hall–Kier alpha value is 0.160. The van der Waals surface area contributed by atoms with Gasteiger partial charge in [-0.3, -0.25) is 0 Å². The van der Waals surface area contributed by atoms with E-state index in [4.69, 9.17) is 16.3 Å². The highest BCUT2D eigenvalue weighted by molar-refractivity contribution is 7.89. The van der Waals surface area contributed by atoms with Gasteiger partial charge in [-0.25, -0.2) is 8.42 Å². The van der Waals surface area contributed by atoms with Crippen molar-refractivity contribution in [1.82, 2.24) is 4.31 Å². The molecule has 0 unspecified atom stereocenters. The highest BCUT2D eigenvalue weighted by Gasteiger charge is 2.34. The number of ether oxygens (including phenoxy) is 1. The smallest absolute Gasteiger partial charge is 0.217 e. The Kier molecular flexibility index (Phi) is 6.20.